The molecule has 0 N–H and O–H groups in total. The number of esters is 1. The van der Waals surface area contributed by atoms with Gasteiger partial charge in [0.1, 0.15) is 0 Å². The first-order valence-electron chi connectivity index (χ1n) is 5.00. The molecule has 0 fully saturated rings. The lowest BCUT2D eigenvalue weighted by Gasteiger charge is -2.00. The van der Waals surface area contributed by atoms with E-state index < -0.39 is 0 Å². The van der Waals surface area contributed by atoms with Gasteiger partial charge in [-0.25, -0.2) is 4.79 Å². The van der Waals surface area contributed by atoms with Gasteiger partial charge in [-0.1, -0.05) is 15.9 Å². The third-order valence-corrected chi connectivity index (χ3v) is 4.30. The van der Waals surface area contributed by atoms with Crippen LogP contribution >= 0.6 is 27.3 Å². The lowest BCUT2D eigenvalue weighted by Crippen LogP contribution is -2.03. The van der Waals surface area contributed by atoms with Crippen molar-refractivity contribution in [3.05, 3.63) is 34.7 Å². The van der Waals surface area contributed by atoms with Crippen molar-refractivity contribution in [1.29, 1.82) is 0 Å². The molecule has 1 aromatic carbocycles. The monoisotopic (exact) mass is 298 g/mol. The van der Waals surface area contributed by atoms with Crippen LogP contribution in [0.2, 0.25) is 0 Å². The number of thiophene rings is 1. The molecule has 2 rings (SSSR count). The molecular weight excluding hydrogens is 288 g/mol. The normalized spacial score (nSPS) is 10.6. The molecule has 1 heterocycles. The van der Waals surface area contributed by atoms with Gasteiger partial charge in [0.2, 0.25) is 0 Å². The third kappa shape index (κ3) is 2.28. The van der Waals surface area contributed by atoms with E-state index in [-0.39, 0.29) is 5.97 Å². The number of fused-ring (bicyclic) bond motifs is 1. The summed E-state index contributed by atoms with van der Waals surface area (Å²) in [6.07, 6.45) is 0. The fraction of sp³-hybridized carbons (Fsp3) is 0.250. The van der Waals surface area contributed by atoms with E-state index in [0.29, 0.717) is 12.2 Å². The highest BCUT2D eigenvalue weighted by atomic mass is 79.9. The third-order valence-electron chi connectivity index (χ3n) is 2.21. The Hall–Kier alpha value is -0.870. The van der Waals surface area contributed by atoms with E-state index in [9.17, 15) is 4.79 Å². The molecule has 0 aliphatic rings. The largest absolute Gasteiger partial charge is 0.462 e. The van der Waals surface area contributed by atoms with Crippen molar-refractivity contribution in [1.82, 2.24) is 0 Å². The molecule has 4 heteroatoms. The Kier molecular flexibility index (Phi) is 3.61. The summed E-state index contributed by atoms with van der Waals surface area (Å²) >= 11 is 5.16. The smallest absolute Gasteiger partial charge is 0.338 e. The second kappa shape index (κ2) is 4.97. The van der Waals surface area contributed by atoms with Crippen LogP contribution in [-0.4, -0.2) is 12.6 Å². The fourth-order valence-corrected chi connectivity index (χ4v) is 2.91. The molecule has 84 valence electrons. The summed E-state index contributed by atoms with van der Waals surface area (Å²) in [5, 5.41) is 1.95. The zero-order chi connectivity index (χ0) is 11.5. The summed E-state index contributed by atoms with van der Waals surface area (Å²) in [5.74, 6) is -0.254. The summed E-state index contributed by atoms with van der Waals surface area (Å²) in [6, 6.07) is 7.76. The minimum atomic E-state index is -0.254. The van der Waals surface area contributed by atoms with Crippen LogP contribution < -0.4 is 0 Å². The van der Waals surface area contributed by atoms with Gasteiger partial charge < -0.3 is 4.74 Å². The lowest BCUT2D eigenvalue weighted by atomic mass is 10.1. The molecule has 1 aromatic heterocycles. The maximum Gasteiger partial charge on any atom is 0.338 e. The summed E-state index contributed by atoms with van der Waals surface area (Å²) in [4.78, 5) is 12.8. The van der Waals surface area contributed by atoms with Crippen LogP contribution in [0.3, 0.4) is 0 Å². The Balaban J connectivity index is 2.39. The van der Waals surface area contributed by atoms with Gasteiger partial charge in [-0.3, -0.25) is 0 Å². The van der Waals surface area contributed by atoms with Crippen LogP contribution in [0.5, 0.6) is 0 Å². The average Bonchev–Trinajstić information content (AvgIpc) is 2.70. The van der Waals surface area contributed by atoms with Crippen molar-refractivity contribution < 1.29 is 9.53 Å². The molecule has 0 spiro atoms. The number of carbonyl (C=O) groups excluding carboxylic acids is 1. The van der Waals surface area contributed by atoms with Crippen LogP contribution in [0.15, 0.2) is 24.3 Å². The second-order valence-corrected chi connectivity index (χ2v) is 5.05. The standard InChI is InChI=1S/C12H11BrO2S/c1-2-15-12(14)8-3-4-11-9(5-8)6-10(7-13)16-11/h3-6H,2,7H2,1H3. The van der Waals surface area contributed by atoms with Crippen molar-refractivity contribution in [2.75, 3.05) is 6.61 Å². The van der Waals surface area contributed by atoms with Crippen molar-refractivity contribution in [2.45, 2.75) is 12.3 Å². The van der Waals surface area contributed by atoms with Gasteiger partial charge in [-0.05, 0) is 36.6 Å². The van der Waals surface area contributed by atoms with Crippen LogP contribution in [-0.2, 0) is 10.1 Å². The van der Waals surface area contributed by atoms with E-state index in [1.807, 2.05) is 25.1 Å². The van der Waals surface area contributed by atoms with Gasteiger partial charge in [0.05, 0.1) is 12.2 Å². The van der Waals surface area contributed by atoms with Crippen molar-refractivity contribution in [3.8, 4) is 0 Å². The molecule has 0 bridgehead atoms. The summed E-state index contributed by atoms with van der Waals surface area (Å²) < 4.78 is 6.16. The zero-order valence-electron chi connectivity index (χ0n) is 8.83. The Morgan fingerprint density at radius 2 is 2.25 bits per heavy atom. The maximum absolute atomic E-state index is 11.5. The van der Waals surface area contributed by atoms with Crippen LogP contribution in [0.4, 0.5) is 0 Å². The molecule has 0 aliphatic carbocycles. The highest BCUT2D eigenvalue weighted by Gasteiger charge is 2.08. The SMILES string of the molecule is CCOC(=O)c1ccc2sc(CBr)cc2c1. The highest BCUT2D eigenvalue weighted by Crippen LogP contribution is 2.28. The minimum absolute atomic E-state index is 0.254. The molecule has 0 saturated heterocycles. The average molecular weight is 299 g/mol. The van der Waals surface area contributed by atoms with Crippen molar-refractivity contribution >= 4 is 43.3 Å². The Bertz CT molecular complexity index is 519. The van der Waals surface area contributed by atoms with E-state index in [1.165, 1.54) is 9.58 Å². The van der Waals surface area contributed by atoms with Gasteiger partial charge in [-0.2, -0.15) is 0 Å². The highest BCUT2D eigenvalue weighted by molar-refractivity contribution is 9.08. The van der Waals surface area contributed by atoms with Crippen molar-refractivity contribution in [3.63, 3.8) is 0 Å². The second-order valence-electron chi connectivity index (χ2n) is 3.32. The number of hydrogen-bond donors (Lipinski definition) is 0. The molecule has 0 atom stereocenters. The van der Waals surface area contributed by atoms with Crippen molar-refractivity contribution in [2.24, 2.45) is 0 Å². The number of ether oxygens (including phenoxy) is 1. The molecule has 16 heavy (non-hydrogen) atoms. The predicted octanol–water partition coefficient (Wildman–Crippen LogP) is 3.97. The number of benzene rings is 1. The first kappa shape index (κ1) is 11.6. The van der Waals surface area contributed by atoms with Gasteiger partial charge in [0, 0.05) is 14.9 Å². The number of halogens is 1. The molecule has 0 aliphatic heterocycles. The Labute approximate surface area is 106 Å². The van der Waals surface area contributed by atoms with Gasteiger partial charge in [0.15, 0.2) is 0 Å². The maximum atomic E-state index is 11.5. The number of rotatable bonds is 3. The molecule has 0 unspecified atom stereocenters. The van der Waals surface area contributed by atoms with Gasteiger partial charge >= 0.3 is 5.97 Å². The topological polar surface area (TPSA) is 26.3 Å². The fourth-order valence-electron chi connectivity index (χ4n) is 1.51. The summed E-state index contributed by atoms with van der Waals surface area (Å²) in [6.45, 7) is 2.22. The van der Waals surface area contributed by atoms with Crippen LogP contribution in [0.1, 0.15) is 22.2 Å². The molecule has 0 amide bonds. The molecule has 2 aromatic rings. The first-order chi connectivity index (χ1) is 7.74. The van der Waals surface area contributed by atoms with Crippen LogP contribution in [0, 0.1) is 0 Å². The van der Waals surface area contributed by atoms with Crippen LogP contribution in [0.25, 0.3) is 10.1 Å². The van der Waals surface area contributed by atoms with E-state index in [0.717, 1.165) is 10.7 Å². The Morgan fingerprint density at radius 1 is 1.44 bits per heavy atom. The van der Waals surface area contributed by atoms with E-state index in [2.05, 4.69) is 22.0 Å². The van der Waals surface area contributed by atoms with Gasteiger partial charge in [0.25, 0.3) is 0 Å². The van der Waals surface area contributed by atoms with E-state index in [1.54, 1.807) is 11.3 Å². The van der Waals surface area contributed by atoms with Gasteiger partial charge in [-0.15, -0.1) is 11.3 Å². The number of carbonyl (C=O) groups is 1. The quantitative estimate of drug-likeness (QED) is 0.633. The number of alkyl halides is 1. The lowest BCUT2D eigenvalue weighted by molar-refractivity contribution is 0.0526. The minimum Gasteiger partial charge on any atom is -0.462 e. The Morgan fingerprint density at radius 3 is 2.94 bits per heavy atom. The number of hydrogen-bond acceptors (Lipinski definition) is 3. The first-order valence-corrected chi connectivity index (χ1v) is 6.94. The molecule has 0 saturated carbocycles. The molecule has 0 radical (unpaired) electrons. The predicted molar refractivity (Wildman–Crippen MR) is 70.4 cm³/mol. The van der Waals surface area contributed by atoms with E-state index >= 15 is 0 Å². The molecule has 2 nitrogen and oxygen atoms in total. The molecular formula is C12H11BrO2S. The zero-order valence-corrected chi connectivity index (χ0v) is 11.2. The van der Waals surface area contributed by atoms with E-state index in [4.69, 9.17) is 4.74 Å². The summed E-state index contributed by atoms with van der Waals surface area (Å²) in [5.41, 5.74) is 0.619. The summed E-state index contributed by atoms with van der Waals surface area (Å²) in [7, 11) is 0.